The van der Waals surface area contributed by atoms with Crippen molar-refractivity contribution in [2.75, 3.05) is 13.1 Å². The monoisotopic (exact) mass is 240 g/mol. The lowest BCUT2D eigenvalue weighted by atomic mass is 10.3. The summed E-state index contributed by atoms with van der Waals surface area (Å²) in [5, 5.41) is 6.46. The molecule has 0 amide bonds. The Bertz CT molecular complexity index is 281. The second-order valence-electron chi connectivity index (χ2n) is 4.58. The SMILES string of the molecule is CC(N)CNCc1ccc(CNCC(C)N)o1. The Hall–Kier alpha value is -0.880. The van der Waals surface area contributed by atoms with Crippen LogP contribution in [0.3, 0.4) is 0 Å². The van der Waals surface area contributed by atoms with Gasteiger partial charge in [-0.05, 0) is 26.0 Å². The third kappa shape index (κ3) is 6.43. The molecular weight excluding hydrogens is 216 g/mol. The van der Waals surface area contributed by atoms with Gasteiger partial charge >= 0.3 is 0 Å². The molecule has 0 aliphatic heterocycles. The fourth-order valence-corrected chi connectivity index (χ4v) is 1.46. The van der Waals surface area contributed by atoms with E-state index in [0.717, 1.165) is 37.7 Å². The van der Waals surface area contributed by atoms with E-state index in [-0.39, 0.29) is 12.1 Å². The summed E-state index contributed by atoms with van der Waals surface area (Å²) in [7, 11) is 0. The smallest absolute Gasteiger partial charge is 0.118 e. The van der Waals surface area contributed by atoms with E-state index >= 15 is 0 Å². The Morgan fingerprint density at radius 3 is 1.76 bits per heavy atom. The molecule has 5 heteroatoms. The topological polar surface area (TPSA) is 89.2 Å². The fraction of sp³-hybridized carbons (Fsp3) is 0.667. The zero-order valence-electron chi connectivity index (χ0n) is 10.7. The van der Waals surface area contributed by atoms with Crippen molar-refractivity contribution in [3.63, 3.8) is 0 Å². The van der Waals surface area contributed by atoms with Crippen molar-refractivity contribution in [2.24, 2.45) is 11.5 Å². The molecule has 0 spiro atoms. The lowest BCUT2D eigenvalue weighted by Gasteiger charge is -2.06. The summed E-state index contributed by atoms with van der Waals surface area (Å²) in [5.41, 5.74) is 11.3. The highest BCUT2D eigenvalue weighted by Crippen LogP contribution is 2.07. The van der Waals surface area contributed by atoms with E-state index in [2.05, 4.69) is 10.6 Å². The van der Waals surface area contributed by atoms with Crippen LogP contribution in [-0.2, 0) is 13.1 Å². The van der Waals surface area contributed by atoms with Gasteiger partial charge in [-0.25, -0.2) is 0 Å². The number of hydrogen-bond donors (Lipinski definition) is 4. The largest absolute Gasteiger partial charge is 0.463 e. The molecule has 0 aliphatic carbocycles. The first kappa shape index (κ1) is 14.2. The summed E-state index contributed by atoms with van der Waals surface area (Å²) in [5.74, 6) is 1.87. The first-order valence-corrected chi connectivity index (χ1v) is 6.08. The molecule has 0 bridgehead atoms. The van der Waals surface area contributed by atoms with Crippen LogP contribution in [0.5, 0.6) is 0 Å². The van der Waals surface area contributed by atoms with Crippen LogP contribution in [-0.4, -0.2) is 25.2 Å². The highest BCUT2D eigenvalue weighted by atomic mass is 16.3. The lowest BCUT2D eigenvalue weighted by Crippen LogP contribution is -2.30. The van der Waals surface area contributed by atoms with Crippen molar-refractivity contribution in [1.29, 1.82) is 0 Å². The van der Waals surface area contributed by atoms with Crippen LogP contribution in [0.1, 0.15) is 25.4 Å². The van der Waals surface area contributed by atoms with Crippen LogP contribution in [0.15, 0.2) is 16.5 Å². The highest BCUT2D eigenvalue weighted by molar-refractivity contribution is 5.06. The van der Waals surface area contributed by atoms with Gasteiger partial charge in [-0.1, -0.05) is 0 Å². The van der Waals surface area contributed by atoms with E-state index in [1.54, 1.807) is 0 Å². The second kappa shape index (κ2) is 7.45. The predicted molar refractivity (Wildman–Crippen MR) is 69.4 cm³/mol. The van der Waals surface area contributed by atoms with Gasteiger partial charge in [0.1, 0.15) is 11.5 Å². The van der Waals surface area contributed by atoms with Crippen molar-refractivity contribution in [3.8, 4) is 0 Å². The second-order valence-corrected chi connectivity index (χ2v) is 4.58. The molecule has 1 aromatic heterocycles. The zero-order chi connectivity index (χ0) is 12.7. The molecule has 0 saturated carbocycles. The molecule has 0 radical (unpaired) electrons. The highest BCUT2D eigenvalue weighted by Gasteiger charge is 2.02. The van der Waals surface area contributed by atoms with Crippen LogP contribution in [0.4, 0.5) is 0 Å². The summed E-state index contributed by atoms with van der Waals surface area (Å²) in [4.78, 5) is 0. The Morgan fingerprint density at radius 2 is 1.41 bits per heavy atom. The molecule has 0 aliphatic rings. The van der Waals surface area contributed by atoms with E-state index in [1.165, 1.54) is 0 Å². The van der Waals surface area contributed by atoms with Gasteiger partial charge in [0.25, 0.3) is 0 Å². The number of hydrogen-bond acceptors (Lipinski definition) is 5. The number of nitrogens with one attached hydrogen (secondary N) is 2. The normalized spacial score (nSPS) is 14.8. The third-order valence-corrected chi connectivity index (χ3v) is 2.25. The molecule has 0 fully saturated rings. The number of nitrogens with two attached hydrogens (primary N) is 2. The Morgan fingerprint density at radius 1 is 1.00 bits per heavy atom. The van der Waals surface area contributed by atoms with Gasteiger partial charge in [-0.15, -0.1) is 0 Å². The predicted octanol–water partition coefficient (Wildman–Crippen LogP) is 0.153. The van der Waals surface area contributed by atoms with Gasteiger partial charge < -0.3 is 26.5 Å². The molecule has 17 heavy (non-hydrogen) atoms. The maximum atomic E-state index is 5.64. The molecule has 0 aromatic carbocycles. The van der Waals surface area contributed by atoms with E-state index in [0.29, 0.717) is 0 Å². The molecular formula is C12H24N4O. The molecule has 2 unspecified atom stereocenters. The van der Waals surface area contributed by atoms with Crippen LogP contribution < -0.4 is 22.1 Å². The summed E-state index contributed by atoms with van der Waals surface area (Å²) in [6, 6.07) is 4.29. The van der Waals surface area contributed by atoms with Crippen LogP contribution in [0.25, 0.3) is 0 Å². The van der Waals surface area contributed by atoms with Crippen molar-refractivity contribution in [1.82, 2.24) is 10.6 Å². The average Bonchev–Trinajstić information content (AvgIpc) is 2.65. The van der Waals surface area contributed by atoms with Crippen molar-refractivity contribution in [3.05, 3.63) is 23.7 Å². The van der Waals surface area contributed by atoms with Crippen LogP contribution in [0, 0.1) is 0 Å². The van der Waals surface area contributed by atoms with Crippen LogP contribution >= 0.6 is 0 Å². The Balaban J connectivity index is 2.23. The first-order chi connectivity index (χ1) is 8.08. The van der Waals surface area contributed by atoms with Crippen molar-refractivity contribution < 1.29 is 4.42 Å². The minimum atomic E-state index is 0.164. The molecule has 5 nitrogen and oxygen atoms in total. The van der Waals surface area contributed by atoms with Gasteiger partial charge in [0, 0.05) is 25.2 Å². The first-order valence-electron chi connectivity index (χ1n) is 6.08. The van der Waals surface area contributed by atoms with Crippen LogP contribution in [0.2, 0.25) is 0 Å². The molecule has 6 N–H and O–H groups in total. The minimum Gasteiger partial charge on any atom is -0.463 e. The van der Waals surface area contributed by atoms with Gasteiger partial charge in [0.2, 0.25) is 0 Å². The molecule has 0 saturated heterocycles. The summed E-state index contributed by atoms with van der Waals surface area (Å²) >= 11 is 0. The summed E-state index contributed by atoms with van der Waals surface area (Å²) in [6.07, 6.45) is 0. The maximum absolute atomic E-state index is 5.64. The quantitative estimate of drug-likeness (QED) is 0.519. The molecule has 1 rings (SSSR count). The van der Waals surface area contributed by atoms with Gasteiger partial charge in [0.15, 0.2) is 0 Å². The van der Waals surface area contributed by atoms with Gasteiger partial charge in [-0.3, -0.25) is 0 Å². The molecule has 1 aromatic rings. The number of furan rings is 1. The summed E-state index contributed by atoms with van der Waals surface area (Å²) < 4.78 is 5.64. The van der Waals surface area contributed by atoms with Crippen molar-refractivity contribution in [2.45, 2.75) is 39.0 Å². The zero-order valence-corrected chi connectivity index (χ0v) is 10.7. The molecule has 2 atom stereocenters. The van der Waals surface area contributed by atoms with Gasteiger partial charge in [-0.2, -0.15) is 0 Å². The van der Waals surface area contributed by atoms with E-state index in [1.807, 2.05) is 26.0 Å². The van der Waals surface area contributed by atoms with Gasteiger partial charge in [0.05, 0.1) is 13.1 Å². The number of rotatable bonds is 8. The third-order valence-electron chi connectivity index (χ3n) is 2.25. The molecule has 98 valence electrons. The Labute approximate surface area is 103 Å². The van der Waals surface area contributed by atoms with E-state index in [4.69, 9.17) is 15.9 Å². The summed E-state index contributed by atoms with van der Waals surface area (Å²) in [6.45, 7) is 6.96. The minimum absolute atomic E-state index is 0.164. The molecule has 1 heterocycles. The van der Waals surface area contributed by atoms with E-state index < -0.39 is 0 Å². The van der Waals surface area contributed by atoms with E-state index in [9.17, 15) is 0 Å². The van der Waals surface area contributed by atoms with Crippen molar-refractivity contribution >= 4 is 0 Å². The fourth-order valence-electron chi connectivity index (χ4n) is 1.46. The lowest BCUT2D eigenvalue weighted by molar-refractivity contribution is 0.427. The maximum Gasteiger partial charge on any atom is 0.118 e. The average molecular weight is 240 g/mol. The standard InChI is InChI=1S/C12H24N4O/c1-9(13)5-15-7-11-3-4-12(17-11)8-16-6-10(2)14/h3-4,9-10,15-16H,5-8,13-14H2,1-2H3. The Kier molecular flexibility index (Phi) is 6.21.